The van der Waals surface area contributed by atoms with Crippen molar-refractivity contribution >= 4 is 23.6 Å². The maximum Gasteiger partial charge on any atom is 0.257 e. The molecule has 3 N–H and O–H groups in total. The smallest absolute Gasteiger partial charge is 0.257 e. The van der Waals surface area contributed by atoms with E-state index in [9.17, 15) is 28.0 Å². The monoisotopic (exact) mass is 579 g/mol. The number of aromatic nitrogens is 3. The SMILES string of the molecule is CC(C)[C@@H]1NC(=O)[C@@H]2C[C@@H](CN2C(=O)c2cccc(F)c2F)n2cc(nn2)CNC(=O)[C@@H](Cc2ccccc2)NC1=O. The molecule has 0 unspecified atom stereocenters. The molecule has 11 nitrogen and oxygen atoms in total. The third-order valence-corrected chi connectivity index (χ3v) is 7.56. The number of fused-ring (bicyclic) bond motifs is 5. The normalized spacial score (nSPS) is 23.1. The van der Waals surface area contributed by atoms with Gasteiger partial charge in [-0.25, -0.2) is 13.5 Å². The highest BCUT2D eigenvalue weighted by molar-refractivity contribution is 5.99. The van der Waals surface area contributed by atoms with Crippen molar-refractivity contribution in [2.45, 2.75) is 57.4 Å². The average Bonchev–Trinajstić information content (AvgIpc) is 3.63. The number of carbonyl (C=O) groups excluding carboxylic acids is 4. The molecule has 1 aromatic heterocycles. The van der Waals surface area contributed by atoms with E-state index >= 15 is 0 Å². The van der Waals surface area contributed by atoms with Crippen LogP contribution in [0.5, 0.6) is 0 Å². The van der Waals surface area contributed by atoms with Crippen molar-refractivity contribution in [1.29, 1.82) is 0 Å². The largest absolute Gasteiger partial charge is 0.349 e. The zero-order valence-electron chi connectivity index (χ0n) is 23.1. The quantitative estimate of drug-likeness (QED) is 0.429. The highest BCUT2D eigenvalue weighted by atomic mass is 19.2. The summed E-state index contributed by atoms with van der Waals surface area (Å²) in [5.41, 5.74) is 0.736. The van der Waals surface area contributed by atoms with Crippen LogP contribution in [-0.4, -0.2) is 68.2 Å². The Bertz CT molecular complexity index is 1500. The number of rotatable bonds is 4. The van der Waals surface area contributed by atoms with Crippen LogP contribution >= 0.6 is 0 Å². The summed E-state index contributed by atoms with van der Waals surface area (Å²) in [4.78, 5) is 55.0. The second kappa shape index (κ2) is 12.0. The molecule has 2 aliphatic heterocycles. The van der Waals surface area contributed by atoms with Gasteiger partial charge in [0.25, 0.3) is 5.91 Å². The zero-order valence-corrected chi connectivity index (χ0v) is 23.1. The molecule has 42 heavy (non-hydrogen) atoms. The summed E-state index contributed by atoms with van der Waals surface area (Å²) >= 11 is 0. The fraction of sp³-hybridized carbons (Fsp3) is 0.379. The molecule has 4 bridgehead atoms. The van der Waals surface area contributed by atoms with Gasteiger partial charge in [0.15, 0.2) is 11.6 Å². The second-order valence-corrected chi connectivity index (χ2v) is 10.9. The summed E-state index contributed by atoms with van der Waals surface area (Å²) < 4.78 is 30.1. The maximum atomic E-state index is 14.6. The lowest BCUT2D eigenvalue weighted by molar-refractivity contribution is -0.134. The Morgan fingerprint density at radius 3 is 2.50 bits per heavy atom. The molecule has 0 aliphatic carbocycles. The molecule has 2 aliphatic rings. The van der Waals surface area contributed by atoms with Gasteiger partial charge >= 0.3 is 0 Å². The fourth-order valence-corrected chi connectivity index (χ4v) is 5.28. The van der Waals surface area contributed by atoms with Crippen LogP contribution in [-0.2, 0) is 27.3 Å². The van der Waals surface area contributed by atoms with Crippen LogP contribution in [0.3, 0.4) is 0 Å². The molecule has 3 heterocycles. The molecule has 5 rings (SSSR count). The van der Waals surface area contributed by atoms with E-state index in [1.54, 1.807) is 20.0 Å². The molecule has 0 radical (unpaired) electrons. The van der Waals surface area contributed by atoms with E-state index in [1.165, 1.54) is 15.6 Å². The topological polar surface area (TPSA) is 138 Å². The summed E-state index contributed by atoms with van der Waals surface area (Å²) in [5.74, 6) is -5.39. The highest BCUT2D eigenvalue weighted by Gasteiger charge is 2.43. The van der Waals surface area contributed by atoms with Gasteiger partial charge in [-0.1, -0.05) is 55.5 Å². The number of benzene rings is 2. The molecule has 3 aromatic rings. The number of hydrogen-bond acceptors (Lipinski definition) is 6. The molecule has 1 saturated heterocycles. The van der Waals surface area contributed by atoms with E-state index in [1.807, 2.05) is 30.3 Å². The minimum Gasteiger partial charge on any atom is -0.349 e. The van der Waals surface area contributed by atoms with E-state index in [-0.39, 0.29) is 31.8 Å². The summed E-state index contributed by atoms with van der Waals surface area (Å²) in [6.45, 7) is 3.46. The molecular weight excluding hydrogens is 548 g/mol. The minimum atomic E-state index is -1.31. The van der Waals surface area contributed by atoms with Gasteiger partial charge in [0, 0.05) is 19.4 Å². The molecule has 2 aromatic carbocycles. The van der Waals surface area contributed by atoms with Crippen LogP contribution in [0.15, 0.2) is 54.7 Å². The third-order valence-electron chi connectivity index (χ3n) is 7.56. The molecule has 0 saturated carbocycles. The van der Waals surface area contributed by atoms with Crippen molar-refractivity contribution in [3.8, 4) is 0 Å². The van der Waals surface area contributed by atoms with Crippen molar-refractivity contribution in [1.82, 2.24) is 35.8 Å². The van der Waals surface area contributed by atoms with Crippen LogP contribution < -0.4 is 16.0 Å². The Balaban J connectivity index is 1.48. The van der Waals surface area contributed by atoms with Crippen molar-refractivity contribution in [2.24, 2.45) is 5.92 Å². The van der Waals surface area contributed by atoms with E-state index in [4.69, 9.17) is 0 Å². The fourth-order valence-electron chi connectivity index (χ4n) is 5.28. The molecule has 220 valence electrons. The molecule has 4 atom stereocenters. The molecule has 4 amide bonds. The van der Waals surface area contributed by atoms with E-state index in [0.717, 1.165) is 17.7 Å². The van der Waals surface area contributed by atoms with Crippen molar-refractivity contribution in [3.05, 3.63) is 83.2 Å². The average molecular weight is 580 g/mol. The lowest BCUT2D eigenvalue weighted by atomic mass is 10.00. The highest BCUT2D eigenvalue weighted by Crippen LogP contribution is 2.30. The van der Waals surface area contributed by atoms with E-state index < -0.39 is 65.0 Å². The van der Waals surface area contributed by atoms with Gasteiger partial charge in [-0.2, -0.15) is 0 Å². The van der Waals surface area contributed by atoms with E-state index in [2.05, 4.69) is 26.3 Å². The van der Waals surface area contributed by atoms with Crippen LogP contribution in [0.1, 0.15) is 47.9 Å². The first-order chi connectivity index (χ1) is 20.1. The number of nitrogens with zero attached hydrogens (tertiary/aromatic N) is 4. The summed E-state index contributed by atoms with van der Waals surface area (Å²) in [6.07, 6.45) is 1.89. The van der Waals surface area contributed by atoms with Crippen molar-refractivity contribution < 1.29 is 28.0 Å². The predicted octanol–water partition coefficient (Wildman–Crippen LogP) is 1.51. The third kappa shape index (κ3) is 5.99. The Morgan fingerprint density at radius 2 is 1.76 bits per heavy atom. The van der Waals surface area contributed by atoms with Gasteiger partial charge in [-0.05, 0) is 23.6 Å². The zero-order chi connectivity index (χ0) is 30.0. The number of halogens is 2. The summed E-state index contributed by atoms with van der Waals surface area (Å²) in [5, 5.41) is 16.6. The second-order valence-electron chi connectivity index (χ2n) is 10.9. The molecular formula is C29H31F2N7O4. The van der Waals surface area contributed by atoms with Gasteiger partial charge in [0.1, 0.15) is 23.8 Å². The van der Waals surface area contributed by atoms with Gasteiger partial charge in [0.2, 0.25) is 17.7 Å². The van der Waals surface area contributed by atoms with Gasteiger partial charge < -0.3 is 20.9 Å². The first kappa shape index (κ1) is 28.8. The minimum absolute atomic E-state index is 0.0259. The lowest BCUT2D eigenvalue weighted by Gasteiger charge is -2.29. The van der Waals surface area contributed by atoms with Crippen LogP contribution in [0.2, 0.25) is 0 Å². The lowest BCUT2D eigenvalue weighted by Crippen LogP contribution is -2.58. The number of nitrogens with one attached hydrogen (secondary N) is 3. The first-order valence-corrected chi connectivity index (χ1v) is 13.7. The van der Waals surface area contributed by atoms with Crippen LogP contribution in [0.25, 0.3) is 0 Å². The predicted molar refractivity (Wildman–Crippen MR) is 146 cm³/mol. The molecule has 1 fully saturated rings. The molecule has 13 heteroatoms. The van der Waals surface area contributed by atoms with Crippen LogP contribution in [0.4, 0.5) is 8.78 Å². The maximum absolute atomic E-state index is 14.6. The first-order valence-electron chi connectivity index (χ1n) is 13.7. The number of hydrogen-bond donors (Lipinski definition) is 3. The Kier molecular flexibility index (Phi) is 8.27. The molecule has 0 spiro atoms. The van der Waals surface area contributed by atoms with Crippen LogP contribution in [0, 0.1) is 17.6 Å². The van der Waals surface area contributed by atoms with E-state index in [0.29, 0.717) is 5.69 Å². The number of amides is 4. The number of likely N-dealkylation sites (tertiary alicyclic amines) is 1. The van der Waals surface area contributed by atoms with Crippen molar-refractivity contribution in [2.75, 3.05) is 6.54 Å². The summed E-state index contributed by atoms with van der Waals surface area (Å²) in [6, 6.07) is 8.81. The summed E-state index contributed by atoms with van der Waals surface area (Å²) in [7, 11) is 0. The standard InChI is InChI=1S/C29H31F2N7O4/c1-16(2)25-28(41)33-22(11-17-7-4-3-5-8-17)26(39)32-13-18-14-38(36-35-18)19-12-23(27(40)34-25)37(15-19)29(42)20-9-6-10-21(30)24(20)31/h3-10,14,16,19,22-23,25H,11-13,15H2,1-2H3,(H,32,39)(H,33,41)(H,34,40)/t19-,22+,23-,25-/m0/s1. The van der Waals surface area contributed by atoms with Gasteiger partial charge in [-0.15, -0.1) is 5.10 Å². The Morgan fingerprint density at radius 1 is 1.00 bits per heavy atom. The van der Waals surface area contributed by atoms with Crippen molar-refractivity contribution in [3.63, 3.8) is 0 Å². The van der Waals surface area contributed by atoms with Gasteiger partial charge in [-0.3, -0.25) is 19.2 Å². The Labute approximate surface area is 240 Å². The van der Waals surface area contributed by atoms with Gasteiger partial charge in [0.05, 0.1) is 24.3 Å². The number of carbonyl (C=O) groups is 4. The Hall–Kier alpha value is -4.68.